The molecule has 0 amide bonds. The number of hydrogen-bond acceptors (Lipinski definition) is 3. The summed E-state index contributed by atoms with van der Waals surface area (Å²) < 4.78 is 24.7. The Labute approximate surface area is 133 Å². The van der Waals surface area contributed by atoms with Crippen LogP contribution in [0.4, 0.5) is 10.1 Å². The van der Waals surface area contributed by atoms with Gasteiger partial charge in [0.1, 0.15) is 5.82 Å². The molecule has 3 nitrogen and oxygen atoms in total. The number of benzene rings is 1. The molecule has 1 aromatic carbocycles. The van der Waals surface area contributed by atoms with Crippen molar-refractivity contribution in [1.29, 1.82) is 0 Å². The van der Waals surface area contributed by atoms with Gasteiger partial charge in [-0.05, 0) is 37.8 Å². The Morgan fingerprint density at radius 2 is 1.81 bits per heavy atom. The van der Waals surface area contributed by atoms with Crippen molar-refractivity contribution in [3.63, 3.8) is 0 Å². The molecule has 1 aromatic rings. The zero-order valence-electron chi connectivity index (χ0n) is 11.6. The Morgan fingerprint density at radius 3 is 2.48 bits per heavy atom. The molecule has 0 aliphatic carbocycles. The topological polar surface area (TPSA) is 30.5 Å². The van der Waals surface area contributed by atoms with Crippen LogP contribution in [0.15, 0.2) is 12.1 Å². The quantitative estimate of drug-likeness (QED) is 0.876. The fourth-order valence-corrected chi connectivity index (χ4v) is 3.70. The molecule has 0 saturated carbocycles. The fourth-order valence-electron chi connectivity index (χ4n) is 3.13. The van der Waals surface area contributed by atoms with Gasteiger partial charge in [0.25, 0.3) is 0 Å². The summed E-state index contributed by atoms with van der Waals surface area (Å²) >= 11 is 12.2. The third-order valence-corrected chi connectivity index (χ3v) is 4.85. The number of halogens is 3. The Bertz CT molecular complexity index is 492. The highest BCUT2D eigenvalue weighted by Gasteiger charge is 2.39. The van der Waals surface area contributed by atoms with Crippen LogP contribution in [0, 0.1) is 5.82 Å². The van der Waals surface area contributed by atoms with E-state index in [0.29, 0.717) is 22.3 Å². The van der Waals surface area contributed by atoms with Crippen molar-refractivity contribution in [2.24, 2.45) is 0 Å². The van der Waals surface area contributed by atoms with Gasteiger partial charge >= 0.3 is 0 Å². The highest BCUT2D eigenvalue weighted by molar-refractivity contribution is 6.39. The van der Waals surface area contributed by atoms with Crippen molar-refractivity contribution in [2.75, 3.05) is 25.1 Å². The van der Waals surface area contributed by atoms with Gasteiger partial charge in [-0.25, -0.2) is 4.39 Å². The molecule has 2 fully saturated rings. The smallest absolute Gasteiger partial charge is 0.126 e. The number of ether oxygens (including phenoxy) is 2. The number of nitrogens with one attached hydrogen (secondary N) is 1. The van der Waals surface area contributed by atoms with Crippen molar-refractivity contribution in [1.82, 2.24) is 0 Å². The first kappa shape index (κ1) is 15.3. The molecule has 1 spiro atoms. The lowest BCUT2D eigenvalue weighted by molar-refractivity contribution is -0.135. The maximum Gasteiger partial charge on any atom is 0.126 e. The van der Waals surface area contributed by atoms with Crippen LogP contribution in [-0.4, -0.2) is 31.5 Å². The van der Waals surface area contributed by atoms with Gasteiger partial charge in [-0.3, -0.25) is 0 Å². The van der Waals surface area contributed by atoms with E-state index in [0.717, 1.165) is 38.9 Å². The summed E-state index contributed by atoms with van der Waals surface area (Å²) in [5.41, 5.74) is 0.501. The average molecular weight is 334 g/mol. The molecule has 0 bridgehead atoms. The van der Waals surface area contributed by atoms with Crippen LogP contribution < -0.4 is 5.32 Å². The molecule has 1 unspecified atom stereocenters. The monoisotopic (exact) mass is 333 g/mol. The molecule has 0 radical (unpaired) electrons. The van der Waals surface area contributed by atoms with Crippen LogP contribution in [0.5, 0.6) is 0 Å². The maximum atomic E-state index is 13.2. The van der Waals surface area contributed by atoms with Crippen molar-refractivity contribution in [2.45, 2.75) is 37.3 Å². The van der Waals surface area contributed by atoms with E-state index in [4.69, 9.17) is 32.7 Å². The summed E-state index contributed by atoms with van der Waals surface area (Å²) in [7, 11) is 0. The highest BCUT2D eigenvalue weighted by Crippen LogP contribution is 2.38. The summed E-state index contributed by atoms with van der Waals surface area (Å²) in [5, 5.41) is 3.99. The van der Waals surface area contributed by atoms with Crippen LogP contribution in [0.2, 0.25) is 10.0 Å². The molecule has 2 aliphatic rings. The van der Waals surface area contributed by atoms with Gasteiger partial charge in [0.05, 0.1) is 21.3 Å². The Hall–Kier alpha value is -0.550. The van der Waals surface area contributed by atoms with Crippen molar-refractivity contribution < 1.29 is 13.9 Å². The zero-order valence-corrected chi connectivity index (χ0v) is 13.1. The summed E-state index contributed by atoms with van der Waals surface area (Å²) in [4.78, 5) is 0. The molecule has 1 atom stereocenters. The minimum atomic E-state index is -0.427. The van der Waals surface area contributed by atoms with Crippen LogP contribution in [0.3, 0.4) is 0 Å². The third-order valence-electron chi connectivity index (χ3n) is 4.25. The first-order valence-corrected chi connectivity index (χ1v) is 7.96. The zero-order chi connectivity index (χ0) is 14.9. The lowest BCUT2D eigenvalue weighted by atomic mass is 9.84. The van der Waals surface area contributed by atoms with E-state index in [1.807, 2.05) is 0 Å². The Morgan fingerprint density at radius 1 is 1.14 bits per heavy atom. The molecule has 2 heterocycles. The Kier molecular flexibility index (Phi) is 4.60. The fraction of sp³-hybridized carbons (Fsp3) is 0.600. The van der Waals surface area contributed by atoms with Crippen molar-refractivity contribution >= 4 is 28.9 Å². The second-order valence-electron chi connectivity index (χ2n) is 5.72. The molecule has 21 heavy (non-hydrogen) atoms. The second-order valence-corrected chi connectivity index (χ2v) is 6.54. The van der Waals surface area contributed by atoms with E-state index in [9.17, 15) is 4.39 Å². The normalized spacial score (nSPS) is 25.0. The largest absolute Gasteiger partial charge is 0.381 e. The predicted octanol–water partition coefficient (Wildman–Crippen LogP) is 4.27. The SMILES string of the molecule is Fc1cc(Cl)c(NC2CCOC3(CCOCC3)C2)c(Cl)c1. The molecule has 116 valence electrons. The third kappa shape index (κ3) is 3.45. The van der Waals surface area contributed by atoms with Gasteiger partial charge in [-0.2, -0.15) is 0 Å². The molecular weight excluding hydrogens is 316 g/mol. The first-order valence-electron chi connectivity index (χ1n) is 7.21. The van der Waals surface area contributed by atoms with E-state index >= 15 is 0 Å². The van der Waals surface area contributed by atoms with E-state index in [2.05, 4.69) is 5.32 Å². The Balaban J connectivity index is 1.73. The van der Waals surface area contributed by atoms with Gasteiger partial charge in [0.2, 0.25) is 0 Å². The van der Waals surface area contributed by atoms with E-state index < -0.39 is 5.82 Å². The van der Waals surface area contributed by atoms with Gasteiger partial charge in [-0.1, -0.05) is 23.2 Å². The molecule has 2 aliphatic heterocycles. The van der Waals surface area contributed by atoms with E-state index in [1.54, 1.807) is 0 Å². The van der Waals surface area contributed by atoms with Crippen LogP contribution in [-0.2, 0) is 9.47 Å². The summed E-state index contributed by atoms with van der Waals surface area (Å²) in [5.74, 6) is -0.427. The van der Waals surface area contributed by atoms with Gasteiger partial charge < -0.3 is 14.8 Å². The standard InChI is InChI=1S/C15H18Cl2FNO2/c16-12-7-10(18)8-13(17)14(12)19-11-1-4-21-15(9-11)2-5-20-6-3-15/h7-8,11,19H,1-6,9H2. The van der Waals surface area contributed by atoms with E-state index in [1.165, 1.54) is 12.1 Å². The number of anilines is 1. The predicted molar refractivity (Wildman–Crippen MR) is 81.8 cm³/mol. The van der Waals surface area contributed by atoms with Gasteiger partial charge in [-0.15, -0.1) is 0 Å². The number of rotatable bonds is 2. The highest BCUT2D eigenvalue weighted by atomic mass is 35.5. The van der Waals surface area contributed by atoms with Crippen molar-refractivity contribution in [3.8, 4) is 0 Å². The lowest BCUT2D eigenvalue weighted by Crippen LogP contribution is -2.47. The average Bonchev–Trinajstić information content (AvgIpc) is 2.44. The number of hydrogen-bond donors (Lipinski definition) is 1. The molecule has 6 heteroatoms. The maximum absolute atomic E-state index is 13.2. The molecule has 0 aromatic heterocycles. The second kappa shape index (κ2) is 6.29. The van der Waals surface area contributed by atoms with Crippen molar-refractivity contribution in [3.05, 3.63) is 28.0 Å². The summed E-state index contributed by atoms with van der Waals surface area (Å²) in [6.07, 6.45) is 3.60. The van der Waals surface area contributed by atoms with Gasteiger partial charge in [0, 0.05) is 25.9 Å². The van der Waals surface area contributed by atoms with Crippen LogP contribution >= 0.6 is 23.2 Å². The van der Waals surface area contributed by atoms with Crippen LogP contribution in [0.1, 0.15) is 25.7 Å². The lowest BCUT2D eigenvalue weighted by Gasteiger charge is -2.43. The summed E-state index contributed by atoms with van der Waals surface area (Å²) in [6, 6.07) is 2.77. The molecule has 3 rings (SSSR count). The summed E-state index contributed by atoms with van der Waals surface area (Å²) in [6.45, 7) is 2.18. The minimum Gasteiger partial charge on any atom is -0.381 e. The molecule has 2 saturated heterocycles. The molecule has 1 N–H and O–H groups in total. The minimum absolute atomic E-state index is 0.104. The first-order chi connectivity index (χ1) is 10.1. The van der Waals surface area contributed by atoms with E-state index in [-0.39, 0.29) is 11.6 Å². The van der Waals surface area contributed by atoms with Gasteiger partial charge in [0.15, 0.2) is 0 Å². The molecular formula is C15H18Cl2FNO2. The van der Waals surface area contributed by atoms with Crippen LogP contribution in [0.25, 0.3) is 0 Å².